The summed E-state index contributed by atoms with van der Waals surface area (Å²) in [5.41, 5.74) is 0.0118. The molecule has 0 aliphatic heterocycles. The molecule has 0 saturated carbocycles. The van der Waals surface area contributed by atoms with Gasteiger partial charge in [0.15, 0.2) is 17.3 Å². The molecule has 2 aromatic carbocycles. The van der Waals surface area contributed by atoms with E-state index in [0.29, 0.717) is 5.75 Å². The second-order valence-corrected chi connectivity index (χ2v) is 4.49. The van der Waals surface area contributed by atoms with Crippen LogP contribution in [0.4, 0.5) is 14.9 Å². The number of methoxy groups -OCH3 is 2. The van der Waals surface area contributed by atoms with Crippen LogP contribution in [0.1, 0.15) is 0 Å². The largest absolute Gasteiger partial charge is 0.491 e. The summed E-state index contributed by atoms with van der Waals surface area (Å²) in [7, 11) is 2.60. The highest BCUT2D eigenvalue weighted by Crippen LogP contribution is 2.42. The first-order chi connectivity index (χ1) is 10.6. The van der Waals surface area contributed by atoms with Gasteiger partial charge in [0.1, 0.15) is 10.8 Å². The summed E-state index contributed by atoms with van der Waals surface area (Å²) < 4.78 is 28.8. The van der Waals surface area contributed by atoms with Gasteiger partial charge in [-0.15, -0.1) is 0 Å². The number of para-hydroxylation sites is 1. The van der Waals surface area contributed by atoms with Crippen LogP contribution in [0.5, 0.6) is 17.2 Å². The smallest absolute Gasteiger partial charge is 0.417 e. The second kappa shape index (κ2) is 7.00. The van der Waals surface area contributed by atoms with Crippen LogP contribution >= 0.6 is 11.6 Å². The number of ether oxygens (including phenoxy) is 3. The molecule has 0 radical (unpaired) electrons. The third kappa shape index (κ3) is 3.40. The van der Waals surface area contributed by atoms with Crippen molar-refractivity contribution in [3.8, 4) is 17.2 Å². The molecule has 22 heavy (non-hydrogen) atoms. The van der Waals surface area contributed by atoms with Gasteiger partial charge < -0.3 is 14.2 Å². The van der Waals surface area contributed by atoms with Crippen molar-refractivity contribution in [1.29, 1.82) is 0 Å². The zero-order chi connectivity index (χ0) is 16.1. The SMILES string of the molecule is COc1c(F)cc(NC(=O)Oc2ccccc2)c(Cl)c1OC. The molecular formula is C15H13ClFNO4. The predicted molar refractivity (Wildman–Crippen MR) is 80.6 cm³/mol. The average Bonchev–Trinajstić information content (AvgIpc) is 2.51. The molecule has 0 heterocycles. The molecule has 0 saturated heterocycles. The van der Waals surface area contributed by atoms with Gasteiger partial charge in [-0.1, -0.05) is 29.8 Å². The maximum Gasteiger partial charge on any atom is 0.417 e. The normalized spacial score (nSPS) is 10.0. The fraction of sp³-hybridized carbons (Fsp3) is 0.133. The Morgan fingerprint density at radius 3 is 2.36 bits per heavy atom. The monoisotopic (exact) mass is 325 g/mol. The van der Waals surface area contributed by atoms with Gasteiger partial charge in [0.05, 0.1) is 19.9 Å². The second-order valence-electron chi connectivity index (χ2n) is 4.11. The highest BCUT2D eigenvalue weighted by Gasteiger charge is 2.20. The number of nitrogens with one attached hydrogen (secondary N) is 1. The minimum Gasteiger partial charge on any atom is -0.491 e. The molecule has 2 aromatic rings. The van der Waals surface area contributed by atoms with Crippen molar-refractivity contribution in [1.82, 2.24) is 0 Å². The van der Waals surface area contributed by atoms with Crippen molar-refractivity contribution in [2.75, 3.05) is 19.5 Å². The van der Waals surface area contributed by atoms with Crippen LogP contribution in [-0.2, 0) is 0 Å². The van der Waals surface area contributed by atoms with E-state index in [2.05, 4.69) is 5.32 Å². The minimum absolute atomic E-state index is 0.00533. The molecule has 2 rings (SSSR count). The molecule has 1 N–H and O–H groups in total. The molecule has 0 unspecified atom stereocenters. The first-order valence-electron chi connectivity index (χ1n) is 6.20. The molecule has 0 bridgehead atoms. The van der Waals surface area contributed by atoms with Gasteiger partial charge in [0, 0.05) is 6.07 Å². The van der Waals surface area contributed by atoms with Crippen molar-refractivity contribution in [2.45, 2.75) is 0 Å². The Morgan fingerprint density at radius 1 is 1.14 bits per heavy atom. The third-order valence-corrected chi connectivity index (χ3v) is 3.10. The van der Waals surface area contributed by atoms with Crippen LogP contribution in [0.15, 0.2) is 36.4 Å². The van der Waals surface area contributed by atoms with Gasteiger partial charge in [-0.25, -0.2) is 9.18 Å². The van der Waals surface area contributed by atoms with E-state index in [-0.39, 0.29) is 22.2 Å². The fourth-order valence-electron chi connectivity index (χ4n) is 1.78. The summed E-state index contributed by atoms with van der Waals surface area (Å²) in [4.78, 5) is 11.8. The van der Waals surface area contributed by atoms with Crippen LogP contribution in [0, 0.1) is 5.82 Å². The van der Waals surface area contributed by atoms with Crippen molar-refractivity contribution in [2.24, 2.45) is 0 Å². The molecule has 1 amide bonds. The van der Waals surface area contributed by atoms with E-state index >= 15 is 0 Å². The summed E-state index contributed by atoms with van der Waals surface area (Å²) in [5.74, 6) is -0.538. The van der Waals surface area contributed by atoms with Crippen LogP contribution < -0.4 is 19.5 Å². The number of benzene rings is 2. The number of hydrogen-bond acceptors (Lipinski definition) is 4. The number of rotatable bonds is 4. The predicted octanol–water partition coefficient (Wildman–Crippen LogP) is 4.11. The van der Waals surface area contributed by atoms with E-state index in [1.165, 1.54) is 14.2 Å². The van der Waals surface area contributed by atoms with E-state index in [9.17, 15) is 9.18 Å². The standard InChI is InChI=1S/C15H13ClFNO4/c1-20-13-10(17)8-11(12(16)14(13)21-2)18-15(19)22-9-6-4-3-5-7-9/h3-8H,1-2H3,(H,18,19). The van der Waals surface area contributed by atoms with Crippen LogP contribution in [0.2, 0.25) is 5.02 Å². The number of carbonyl (C=O) groups excluding carboxylic acids is 1. The van der Waals surface area contributed by atoms with Gasteiger partial charge in [-0.3, -0.25) is 5.32 Å². The number of anilines is 1. The number of hydrogen-bond donors (Lipinski definition) is 1. The lowest BCUT2D eigenvalue weighted by Gasteiger charge is -2.14. The Balaban J connectivity index is 2.22. The van der Waals surface area contributed by atoms with Gasteiger partial charge in [-0.2, -0.15) is 0 Å². The molecule has 0 fully saturated rings. The van der Waals surface area contributed by atoms with Gasteiger partial charge >= 0.3 is 6.09 Å². The molecule has 0 aliphatic rings. The van der Waals surface area contributed by atoms with Crippen molar-refractivity contribution in [3.05, 3.63) is 47.2 Å². The number of carbonyl (C=O) groups is 1. The maximum absolute atomic E-state index is 13.9. The third-order valence-electron chi connectivity index (χ3n) is 2.73. The molecule has 7 heteroatoms. The lowest BCUT2D eigenvalue weighted by Crippen LogP contribution is -2.17. The fourth-order valence-corrected chi connectivity index (χ4v) is 2.05. The molecule has 0 spiro atoms. The molecule has 0 aromatic heterocycles. The molecule has 0 atom stereocenters. The first-order valence-corrected chi connectivity index (χ1v) is 6.58. The Hall–Kier alpha value is -2.47. The Labute approximate surface area is 131 Å². The van der Waals surface area contributed by atoms with Gasteiger partial charge in [0.2, 0.25) is 0 Å². The molecular weight excluding hydrogens is 313 g/mol. The highest BCUT2D eigenvalue weighted by molar-refractivity contribution is 6.35. The Morgan fingerprint density at radius 2 is 1.77 bits per heavy atom. The zero-order valence-electron chi connectivity index (χ0n) is 11.9. The van der Waals surface area contributed by atoms with E-state index in [1.807, 2.05) is 0 Å². The van der Waals surface area contributed by atoms with E-state index in [0.717, 1.165) is 6.07 Å². The van der Waals surface area contributed by atoms with Gasteiger partial charge in [0.25, 0.3) is 0 Å². The number of halogens is 2. The summed E-state index contributed by atoms with van der Waals surface area (Å²) in [5, 5.41) is 2.36. The quantitative estimate of drug-likeness (QED) is 0.919. The summed E-state index contributed by atoms with van der Waals surface area (Å²) in [6.45, 7) is 0. The summed E-state index contributed by atoms with van der Waals surface area (Å²) in [6, 6.07) is 9.45. The van der Waals surface area contributed by atoms with E-state index < -0.39 is 11.9 Å². The average molecular weight is 326 g/mol. The lowest BCUT2D eigenvalue weighted by atomic mass is 10.2. The topological polar surface area (TPSA) is 56.8 Å². The zero-order valence-corrected chi connectivity index (χ0v) is 12.6. The van der Waals surface area contributed by atoms with Crippen molar-refractivity contribution in [3.63, 3.8) is 0 Å². The molecule has 116 valence electrons. The molecule has 5 nitrogen and oxygen atoms in total. The van der Waals surface area contributed by atoms with Crippen LogP contribution in [0.25, 0.3) is 0 Å². The number of amides is 1. The minimum atomic E-state index is -0.806. The van der Waals surface area contributed by atoms with E-state index in [4.69, 9.17) is 25.8 Å². The van der Waals surface area contributed by atoms with Crippen molar-refractivity contribution >= 4 is 23.4 Å². The first kappa shape index (κ1) is 15.9. The van der Waals surface area contributed by atoms with Crippen LogP contribution in [0.3, 0.4) is 0 Å². The highest BCUT2D eigenvalue weighted by atomic mass is 35.5. The van der Waals surface area contributed by atoms with Crippen molar-refractivity contribution < 1.29 is 23.4 Å². The maximum atomic E-state index is 13.9. The Kier molecular flexibility index (Phi) is 5.06. The van der Waals surface area contributed by atoms with Crippen LogP contribution in [-0.4, -0.2) is 20.3 Å². The van der Waals surface area contributed by atoms with E-state index in [1.54, 1.807) is 30.3 Å². The summed E-state index contributed by atoms with van der Waals surface area (Å²) >= 11 is 6.07. The lowest BCUT2D eigenvalue weighted by molar-refractivity contribution is 0.215. The van der Waals surface area contributed by atoms with Gasteiger partial charge in [-0.05, 0) is 12.1 Å². The summed E-state index contributed by atoms with van der Waals surface area (Å²) in [6.07, 6.45) is -0.806. The Bertz CT molecular complexity index is 679. The molecule has 0 aliphatic carbocycles.